The number of carbonyl (C=O) groups is 3. The zero-order chi connectivity index (χ0) is 29.4. The normalized spacial score (nSPS) is 18.5. The second-order valence-electron chi connectivity index (χ2n) is 10.7. The highest BCUT2D eigenvalue weighted by molar-refractivity contribution is 5.69. The molecule has 0 aliphatic carbocycles. The van der Waals surface area contributed by atoms with E-state index < -0.39 is 0 Å². The fraction of sp³-hybridized carbons (Fsp3) is 0.343. The number of ether oxygens (including phenoxy) is 2. The van der Waals surface area contributed by atoms with Crippen LogP contribution in [0.5, 0.6) is 0 Å². The SMILES string of the molecule is O=C(OCc1ccccc1)N1CCC[C@H](C=Cc2ccccc2)C1.O=C[C@H]1CCCN(C(=O)OCc2ccccc2)C1. The van der Waals surface area contributed by atoms with Crippen molar-refractivity contribution in [1.82, 2.24) is 9.80 Å². The number of benzene rings is 3. The van der Waals surface area contributed by atoms with Crippen molar-refractivity contribution in [1.29, 1.82) is 0 Å². The zero-order valence-electron chi connectivity index (χ0n) is 24.1. The summed E-state index contributed by atoms with van der Waals surface area (Å²) < 4.78 is 10.7. The lowest BCUT2D eigenvalue weighted by Crippen LogP contribution is -2.40. The third-order valence-corrected chi connectivity index (χ3v) is 7.40. The van der Waals surface area contributed by atoms with E-state index in [0.29, 0.717) is 25.6 Å². The average Bonchev–Trinajstić information content (AvgIpc) is 3.07. The van der Waals surface area contributed by atoms with E-state index in [1.165, 1.54) is 5.56 Å². The van der Waals surface area contributed by atoms with Gasteiger partial charge in [-0.25, -0.2) is 9.59 Å². The van der Waals surface area contributed by atoms with Crippen LogP contribution in [0.4, 0.5) is 9.59 Å². The summed E-state index contributed by atoms with van der Waals surface area (Å²) in [6.07, 6.45) is 8.61. The van der Waals surface area contributed by atoms with E-state index in [2.05, 4.69) is 24.3 Å². The minimum absolute atomic E-state index is 0.0389. The highest BCUT2D eigenvalue weighted by Gasteiger charge is 2.24. The van der Waals surface area contributed by atoms with Gasteiger partial charge in [0.25, 0.3) is 0 Å². The second-order valence-corrected chi connectivity index (χ2v) is 10.7. The fourth-order valence-electron chi connectivity index (χ4n) is 5.05. The Bertz CT molecular complexity index is 1270. The monoisotopic (exact) mass is 568 g/mol. The largest absolute Gasteiger partial charge is 0.445 e. The number of likely N-dealkylation sites (tertiary alicyclic amines) is 2. The number of nitrogens with zero attached hydrogens (tertiary/aromatic N) is 2. The van der Waals surface area contributed by atoms with Crippen LogP contribution in [0.25, 0.3) is 6.08 Å². The van der Waals surface area contributed by atoms with Gasteiger partial charge in [-0.3, -0.25) is 0 Å². The Morgan fingerprint density at radius 3 is 1.62 bits per heavy atom. The zero-order valence-corrected chi connectivity index (χ0v) is 24.1. The van der Waals surface area contributed by atoms with Crippen molar-refractivity contribution in [2.75, 3.05) is 26.2 Å². The van der Waals surface area contributed by atoms with Crippen molar-refractivity contribution in [3.8, 4) is 0 Å². The highest BCUT2D eigenvalue weighted by Crippen LogP contribution is 2.20. The minimum atomic E-state index is -0.328. The van der Waals surface area contributed by atoms with E-state index in [4.69, 9.17) is 9.47 Å². The first-order valence-electron chi connectivity index (χ1n) is 14.7. The Morgan fingerprint density at radius 1 is 0.667 bits per heavy atom. The average molecular weight is 569 g/mol. The molecule has 3 aromatic carbocycles. The molecule has 2 fully saturated rings. The van der Waals surface area contributed by atoms with Crippen LogP contribution in [0.1, 0.15) is 42.4 Å². The lowest BCUT2D eigenvalue weighted by Gasteiger charge is -2.30. The van der Waals surface area contributed by atoms with Crippen LogP contribution in [-0.4, -0.2) is 54.5 Å². The Hall–Kier alpha value is -4.39. The molecule has 7 nitrogen and oxygen atoms in total. The molecule has 0 radical (unpaired) electrons. The molecule has 42 heavy (non-hydrogen) atoms. The molecule has 3 aromatic rings. The van der Waals surface area contributed by atoms with Gasteiger partial charge < -0.3 is 24.1 Å². The Morgan fingerprint density at radius 2 is 1.12 bits per heavy atom. The third kappa shape index (κ3) is 10.2. The topological polar surface area (TPSA) is 76.2 Å². The van der Waals surface area contributed by atoms with Gasteiger partial charge in [0.2, 0.25) is 0 Å². The summed E-state index contributed by atoms with van der Waals surface area (Å²) in [6, 6.07) is 29.6. The molecular formula is C35H40N2O5. The molecule has 2 heterocycles. The first kappa shape index (κ1) is 30.6. The van der Waals surface area contributed by atoms with Gasteiger partial charge in [-0.2, -0.15) is 0 Å². The number of rotatable bonds is 7. The molecule has 0 unspecified atom stereocenters. The van der Waals surface area contributed by atoms with E-state index in [1.54, 1.807) is 4.90 Å². The number of piperidine rings is 2. The predicted molar refractivity (Wildman–Crippen MR) is 163 cm³/mol. The molecule has 2 amide bonds. The van der Waals surface area contributed by atoms with Crippen molar-refractivity contribution >= 4 is 24.5 Å². The molecule has 2 atom stereocenters. The van der Waals surface area contributed by atoms with Crippen molar-refractivity contribution in [3.05, 3.63) is 114 Å². The molecule has 0 saturated carbocycles. The molecule has 0 spiro atoms. The third-order valence-electron chi connectivity index (χ3n) is 7.40. The summed E-state index contributed by atoms with van der Waals surface area (Å²) in [5.74, 6) is 0.353. The van der Waals surface area contributed by atoms with Gasteiger partial charge in [0.15, 0.2) is 0 Å². The maximum absolute atomic E-state index is 12.3. The molecule has 2 aliphatic rings. The Balaban J connectivity index is 0.000000201. The lowest BCUT2D eigenvalue weighted by atomic mass is 9.97. The lowest BCUT2D eigenvalue weighted by molar-refractivity contribution is -0.112. The van der Waals surface area contributed by atoms with Gasteiger partial charge in [0.1, 0.15) is 19.5 Å². The number of hydrogen-bond acceptors (Lipinski definition) is 5. The predicted octanol–water partition coefficient (Wildman–Crippen LogP) is 6.98. The van der Waals surface area contributed by atoms with Gasteiger partial charge >= 0.3 is 12.2 Å². The molecule has 220 valence electrons. The maximum atomic E-state index is 12.3. The van der Waals surface area contributed by atoms with Crippen molar-refractivity contribution in [2.24, 2.45) is 11.8 Å². The van der Waals surface area contributed by atoms with Gasteiger partial charge in [-0.05, 0) is 48.3 Å². The van der Waals surface area contributed by atoms with E-state index in [0.717, 1.165) is 56.2 Å². The number of hydrogen-bond donors (Lipinski definition) is 0. The number of aldehydes is 1. The fourth-order valence-corrected chi connectivity index (χ4v) is 5.05. The molecule has 2 saturated heterocycles. The van der Waals surface area contributed by atoms with Crippen LogP contribution in [0, 0.1) is 11.8 Å². The van der Waals surface area contributed by atoms with Gasteiger partial charge in [-0.1, -0.05) is 103 Å². The molecule has 0 N–H and O–H groups in total. The van der Waals surface area contributed by atoms with Crippen LogP contribution in [0.3, 0.4) is 0 Å². The first-order valence-corrected chi connectivity index (χ1v) is 14.7. The van der Waals surface area contributed by atoms with Crippen LogP contribution in [0.15, 0.2) is 97.1 Å². The summed E-state index contributed by atoms with van der Waals surface area (Å²) in [6.45, 7) is 3.29. The van der Waals surface area contributed by atoms with Crippen molar-refractivity contribution in [3.63, 3.8) is 0 Å². The number of carbonyl (C=O) groups excluding carboxylic acids is 3. The number of amides is 2. The Kier molecular flexibility index (Phi) is 12.2. The molecular weight excluding hydrogens is 528 g/mol. The smallest absolute Gasteiger partial charge is 0.410 e. The standard InChI is InChI=1S/C21H23NO2.C14H17NO3/c23-21(24-17-20-10-5-2-6-11-20)22-15-7-12-19(16-22)14-13-18-8-3-1-4-9-18;16-10-13-7-4-8-15(9-13)14(17)18-11-12-5-2-1-3-6-12/h1-6,8-11,13-14,19H,7,12,15-17H2;1-3,5-6,10,13H,4,7-9,11H2/t19-;13-/m10/s1. The molecule has 0 aromatic heterocycles. The van der Waals surface area contributed by atoms with Gasteiger partial charge in [-0.15, -0.1) is 0 Å². The quantitative estimate of drug-likeness (QED) is 0.287. The summed E-state index contributed by atoms with van der Waals surface area (Å²) in [5.41, 5.74) is 3.18. The second kappa shape index (κ2) is 16.8. The summed E-state index contributed by atoms with van der Waals surface area (Å²) in [4.78, 5) is 38.3. The van der Waals surface area contributed by atoms with Crippen LogP contribution >= 0.6 is 0 Å². The summed E-state index contributed by atoms with van der Waals surface area (Å²) in [7, 11) is 0. The van der Waals surface area contributed by atoms with Crippen LogP contribution in [-0.2, 0) is 27.5 Å². The van der Waals surface area contributed by atoms with Crippen molar-refractivity contribution in [2.45, 2.75) is 38.9 Å². The van der Waals surface area contributed by atoms with Gasteiger partial charge in [0, 0.05) is 32.1 Å². The van der Waals surface area contributed by atoms with E-state index >= 15 is 0 Å². The summed E-state index contributed by atoms with van der Waals surface area (Å²) in [5, 5.41) is 0. The molecule has 5 rings (SSSR count). The summed E-state index contributed by atoms with van der Waals surface area (Å²) >= 11 is 0. The van der Waals surface area contributed by atoms with Crippen molar-refractivity contribution < 1.29 is 23.9 Å². The first-order chi connectivity index (χ1) is 20.6. The van der Waals surface area contributed by atoms with Crippen LogP contribution < -0.4 is 0 Å². The molecule has 2 aliphatic heterocycles. The van der Waals surface area contributed by atoms with E-state index in [-0.39, 0.29) is 24.7 Å². The highest BCUT2D eigenvalue weighted by atomic mass is 16.6. The minimum Gasteiger partial charge on any atom is -0.445 e. The van der Waals surface area contributed by atoms with E-state index in [1.807, 2.05) is 83.8 Å². The van der Waals surface area contributed by atoms with Crippen LogP contribution in [0.2, 0.25) is 0 Å². The Labute approximate surface area is 248 Å². The molecule has 7 heteroatoms. The van der Waals surface area contributed by atoms with E-state index in [9.17, 15) is 14.4 Å². The maximum Gasteiger partial charge on any atom is 0.410 e. The molecule has 0 bridgehead atoms. The van der Waals surface area contributed by atoms with Gasteiger partial charge in [0.05, 0.1) is 0 Å².